The molecule has 2 atom stereocenters. The van der Waals surface area contributed by atoms with Crippen LogP contribution in [0.15, 0.2) is 18.5 Å². The number of hydrogen-bond acceptors (Lipinski definition) is 4. The molecule has 0 aliphatic heterocycles. The second-order valence-electron chi connectivity index (χ2n) is 3.16. The van der Waals surface area contributed by atoms with E-state index in [2.05, 4.69) is 17.6 Å². The summed E-state index contributed by atoms with van der Waals surface area (Å²) in [5.74, 6) is -0.145. The molecular weight excluding hydrogens is 243 g/mol. The Morgan fingerprint density at radius 3 is 2.50 bits per heavy atom. The van der Waals surface area contributed by atoms with E-state index in [-0.39, 0.29) is 5.75 Å². The fourth-order valence-corrected chi connectivity index (χ4v) is 1.41. The molecule has 90 valence electrons. The average Bonchev–Trinajstić information content (AvgIpc) is 2.26. The van der Waals surface area contributed by atoms with Gasteiger partial charge in [0.15, 0.2) is 0 Å². The summed E-state index contributed by atoms with van der Waals surface area (Å²) in [6, 6.07) is 0.754. The van der Waals surface area contributed by atoms with E-state index in [9.17, 15) is 23.4 Å². The van der Waals surface area contributed by atoms with Crippen LogP contribution in [0.2, 0.25) is 0 Å². The number of rotatable bonds is 3. The Labute approximate surface area is 95.4 Å². The summed E-state index contributed by atoms with van der Waals surface area (Å²) >= 11 is 3.70. The zero-order valence-corrected chi connectivity index (χ0v) is 8.91. The van der Waals surface area contributed by atoms with Gasteiger partial charge in [-0.2, -0.15) is 25.8 Å². The topological polar surface area (TPSA) is 53.4 Å². The maximum atomic E-state index is 12.5. The van der Waals surface area contributed by atoms with Gasteiger partial charge in [0, 0.05) is 23.7 Å². The molecule has 1 aromatic heterocycles. The third kappa shape index (κ3) is 2.87. The van der Waals surface area contributed by atoms with E-state index in [0.29, 0.717) is 0 Å². The normalized spacial score (nSPS) is 15.9. The van der Waals surface area contributed by atoms with Gasteiger partial charge in [-0.05, 0) is 6.07 Å². The number of aromatic nitrogens is 1. The predicted molar refractivity (Wildman–Crippen MR) is 54.1 cm³/mol. The first-order valence-electron chi connectivity index (χ1n) is 4.36. The first kappa shape index (κ1) is 13.3. The third-order valence-corrected chi connectivity index (χ3v) is 2.40. The molecular formula is C9H10F3NO2S. The lowest BCUT2D eigenvalue weighted by molar-refractivity contribution is -0.139. The highest BCUT2D eigenvalue weighted by Gasteiger charge is 2.36. The molecule has 7 heteroatoms. The fourth-order valence-electron chi connectivity index (χ4n) is 1.21. The highest BCUT2D eigenvalue weighted by molar-refractivity contribution is 7.80. The molecule has 0 aliphatic carbocycles. The van der Waals surface area contributed by atoms with E-state index in [4.69, 9.17) is 0 Å². The Morgan fingerprint density at radius 1 is 1.38 bits per heavy atom. The summed E-state index contributed by atoms with van der Waals surface area (Å²) < 4.78 is 37.6. The van der Waals surface area contributed by atoms with Crippen molar-refractivity contribution in [2.24, 2.45) is 0 Å². The minimum absolute atomic E-state index is 0.145. The number of nitrogens with zero attached hydrogens (tertiary/aromatic N) is 1. The molecule has 0 spiro atoms. The van der Waals surface area contributed by atoms with Gasteiger partial charge in [-0.1, -0.05) is 0 Å². The quantitative estimate of drug-likeness (QED) is 0.714. The van der Waals surface area contributed by atoms with Crippen molar-refractivity contribution in [3.05, 3.63) is 29.6 Å². The fraction of sp³-hybridized carbons (Fsp3) is 0.444. The van der Waals surface area contributed by atoms with Crippen LogP contribution in [0, 0.1) is 0 Å². The molecule has 1 aromatic rings. The van der Waals surface area contributed by atoms with Crippen LogP contribution >= 0.6 is 12.6 Å². The first-order chi connectivity index (χ1) is 7.38. The van der Waals surface area contributed by atoms with Gasteiger partial charge >= 0.3 is 6.18 Å². The molecule has 2 unspecified atom stereocenters. The number of hydrogen-bond donors (Lipinski definition) is 3. The zero-order chi connectivity index (χ0) is 12.3. The van der Waals surface area contributed by atoms with E-state index < -0.39 is 29.5 Å². The van der Waals surface area contributed by atoms with E-state index >= 15 is 0 Å². The Bertz CT molecular complexity index is 359. The van der Waals surface area contributed by atoms with Crippen molar-refractivity contribution >= 4 is 12.6 Å². The van der Waals surface area contributed by atoms with Crippen LogP contribution in [0.25, 0.3) is 0 Å². The van der Waals surface area contributed by atoms with Crippen molar-refractivity contribution in [1.82, 2.24) is 4.98 Å². The Kier molecular flexibility index (Phi) is 4.17. The molecule has 0 aromatic carbocycles. The minimum Gasteiger partial charge on any atom is -0.389 e. The maximum absolute atomic E-state index is 12.5. The molecule has 0 bridgehead atoms. The van der Waals surface area contributed by atoms with Gasteiger partial charge in [0.05, 0.1) is 11.7 Å². The molecule has 0 radical (unpaired) electrons. The average molecular weight is 253 g/mol. The number of pyridine rings is 1. The van der Waals surface area contributed by atoms with Gasteiger partial charge < -0.3 is 10.2 Å². The largest absolute Gasteiger partial charge is 0.416 e. The van der Waals surface area contributed by atoms with Crippen LogP contribution in [-0.4, -0.2) is 27.1 Å². The first-order valence-corrected chi connectivity index (χ1v) is 4.99. The van der Waals surface area contributed by atoms with E-state index in [1.54, 1.807) is 0 Å². The summed E-state index contributed by atoms with van der Waals surface area (Å²) in [4.78, 5) is 3.50. The summed E-state index contributed by atoms with van der Waals surface area (Å²) in [7, 11) is 0. The summed E-state index contributed by atoms with van der Waals surface area (Å²) in [6.07, 6.45) is -5.74. The number of halogens is 3. The van der Waals surface area contributed by atoms with Crippen LogP contribution in [0.1, 0.15) is 17.2 Å². The second-order valence-corrected chi connectivity index (χ2v) is 3.52. The summed E-state index contributed by atoms with van der Waals surface area (Å²) in [5.41, 5.74) is -1.45. The highest BCUT2D eigenvalue weighted by atomic mass is 32.1. The van der Waals surface area contributed by atoms with Gasteiger partial charge in [0.2, 0.25) is 0 Å². The number of aliphatic hydroxyl groups is 2. The SMILES string of the molecule is OC(CS)C(O)c1cnccc1C(F)(F)F. The van der Waals surface area contributed by atoms with Crippen LogP contribution in [0.5, 0.6) is 0 Å². The van der Waals surface area contributed by atoms with Crippen molar-refractivity contribution < 1.29 is 23.4 Å². The van der Waals surface area contributed by atoms with Crippen LogP contribution in [0.3, 0.4) is 0 Å². The van der Waals surface area contributed by atoms with Crippen molar-refractivity contribution in [2.75, 3.05) is 5.75 Å². The molecule has 1 rings (SSSR count). The molecule has 0 saturated heterocycles. The zero-order valence-electron chi connectivity index (χ0n) is 8.02. The molecule has 3 nitrogen and oxygen atoms in total. The Morgan fingerprint density at radius 2 is 2.00 bits per heavy atom. The monoisotopic (exact) mass is 253 g/mol. The third-order valence-electron chi connectivity index (χ3n) is 2.03. The Hall–Kier alpha value is -0.790. The lowest BCUT2D eigenvalue weighted by Crippen LogP contribution is -2.23. The van der Waals surface area contributed by atoms with Gasteiger partial charge in [-0.3, -0.25) is 4.98 Å². The van der Waals surface area contributed by atoms with Gasteiger partial charge in [0.1, 0.15) is 6.10 Å². The van der Waals surface area contributed by atoms with E-state index in [1.165, 1.54) is 0 Å². The van der Waals surface area contributed by atoms with Crippen LogP contribution < -0.4 is 0 Å². The van der Waals surface area contributed by atoms with E-state index in [1.807, 2.05) is 0 Å². The number of aliphatic hydroxyl groups excluding tert-OH is 2. The molecule has 16 heavy (non-hydrogen) atoms. The van der Waals surface area contributed by atoms with Crippen molar-refractivity contribution in [1.29, 1.82) is 0 Å². The van der Waals surface area contributed by atoms with Crippen LogP contribution in [-0.2, 0) is 6.18 Å². The van der Waals surface area contributed by atoms with Gasteiger partial charge in [0.25, 0.3) is 0 Å². The molecule has 0 aliphatic rings. The highest BCUT2D eigenvalue weighted by Crippen LogP contribution is 2.34. The lowest BCUT2D eigenvalue weighted by atomic mass is 10.0. The minimum atomic E-state index is -4.59. The standard InChI is InChI=1S/C9H10F3NO2S/c10-9(11,12)6-1-2-13-3-5(6)8(15)7(14)4-16/h1-3,7-8,14-16H,4H2. The molecule has 1 heterocycles. The molecule has 0 fully saturated rings. The Balaban J connectivity index is 3.13. The lowest BCUT2D eigenvalue weighted by Gasteiger charge is -2.19. The van der Waals surface area contributed by atoms with Gasteiger partial charge in [-0.15, -0.1) is 0 Å². The maximum Gasteiger partial charge on any atom is 0.416 e. The molecule has 0 amide bonds. The molecule has 2 N–H and O–H groups in total. The molecule has 0 saturated carbocycles. The second kappa shape index (κ2) is 5.03. The predicted octanol–water partition coefficient (Wildman–Crippen LogP) is 1.42. The summed E-state index contributed by atoms with van der Waals surface area (Å²) in [5, 5.41) is 18.7. The van der Waals surface area contributed by atoms with Crippen molar-refractivity contribution in [3.8, 4) is 0 Å². The summed E-state index contributed by atoms with van der Waals surface area (Å²) in [6.45, 7) is 0. The van der Waals surface area contributed by atoms with Crippen molar-refractivity contribution in [2.45, 2.75) is 18.4 Å². The van der Waals surface area contributed by atoms with Crippen LogP contribution in [0.4, 0.5) is 13.2 Å². The van der Waals surface area contributed by atoms with Gasteiger partial charge in [-0.25, -0.2) is 0 Å². The number of alkyl halides is 3. The smallest absolute Gasteiger partial charge is 0.389 e. The number of thiol groups is 1. The van der Waals surface area contributed by atoms with E-state index in [0.717, 1.165) is 18.5 Å². The van der Waals surface area contributed by atoms with Crippen molar-refractivity contribution in [3.63, 3.8) is 0 Å².